The molecule has 0 saturated heterocycles. The number of benzene rings is 1. The second-order valence-corrected chi connectivity index (χ2v) is 3.85. The van der Waals surface area contributed by atoms with Crippen molar-refractivity contribution in [3.63, 3.8) is 0 Å². The molecule has 0 amide bonds. The topological polar surface area (TPSA) is 74.5 Å². The maximum Gasteiger partial charge on any atom is 0.369 e. The van der Waals surface area contributed by atoms with E-state index in [1.807, 2.05) is 0 Å². The van der Waals surface area contributed by atoms with E-state index < -0.39 is 5.97 Å². The molecule has 0 atom stereocenters. The Morgan fingerprint density at radius 1 is 1.50 bits per heavy atom. The number of nitrogens with one attached hydrogen (secondary N) is 1. The largest absolute Gasteiger partial charge is 0.461 e. The van der Waals surface area contributed by atoms with Crippen LogP contribution in [0.2, 0.25) is 10.0 Å². The number of halogens is 2. The Bertz CT molecular complexity index is 524. The minimum atomic E-state index is -0.785. The second-order valence-electron chi connectivity index (χ2n) is 3.03. The molecule has 0 heterocycles. The number of hydrogen-bond acceptors (Lipinski definition) is 5. The van der Waals surface area contributed by atoms with Crippen LogP contribution in [0.4, 0.5) is 5.69 Å². The number of hydrazone groups is 1. The van der Waals surface area contributed by atoms with E-state index in [9.17, 15) is 4.79 Å². The van der Waals surface area contributed by atoms with Crippen molar-refractivity contribution in [3.05, 3.63) is 28.2 Å². The highest BCUT2D eigenvalue weighted by atomic mass is 35.5. The molecule has 5 nitrogen and oxygen atoms in total. The highest BCUT2D eigenvalue weighted by molar-refractivity contribution is 6.43. The van der Waals surface area contributed by atoms with Crippen molar-refractivity contribution in [1.29, 1.82) is 5.26 Å². The average Bonchev–Trinajstić information content (AvgIpc) is 2.34. The number of esters is 1. The summed E-state index contributed by atoms with van der Waals surface area (Å²) in [5.41, 5.74) is 2.65. The van der Waals surface area contributed by atoms with Crippen molar-refractivity contribution in [3.8, 4) is 6.07 Å². The SMILES string of the molecule is CCOC(=O)C(C#N)=NNc1ccc(Cl)c(Cl)c1. The molecule has 0 spiro atoms. The van der Waals surface area contributed by atoms with Gasteiger partial charge in [-0.25, -0.2) is 4.79 Å². The summed E-state index contributed by atoms with van der Waals surface area (Å²) in [5, 5.41) is 13.1. The average molecular weight is 286 g/mol. The van der Waals surface area contributed by atoms with Crippen LogP contribution in [0, 0.1) is 11.3 Å². The number of hydrogen-bond donors (Lipinski definition) is 1. The van der Waals surface area contributed by atoms with Crippen LogP contribution in [-0.2, 0) is 9.53 Å². The third-order valence-corrected chi connectivity index (χ3v) is 2.53. The first-order valence-electron chi connectivity index (χ1n) is 4.94. The van der Waals surface area contributed by atoms with E-state index in [0.717, 1.165) is 0 Å². The Balaban J connectivity index is 2.80. The zero-order valence-corrected chi connectivity index (χ0v) is 10.9. The summed E-state index contributed by atoms with van der Waals surface area (Å²) in [6.45, 7) is 1.81. The van der Waals surface area contributed by atoms with Crippen LogP contribution in [0.1, 0.15) is 6.92 Å². The quantitative estimate of drug-likeness (QED) is 0.524. The van der Waals surface area contributed by atoms with Crippen molar-refractivity contribution in [1.82, 2.24) is 0 Å². The zero-order chi connectivity index (χ0) is 13.5. The molecule has 1 aromatic rings. The number of anilines is 1. The fourth-order valence-corrected chi connectivity index (χ4v) is 1.30. The lowest BCUT2D eigenvalue weighted by molar-refractivity contribution is -0.134. The molecule has 0 bridgehead atoms. The molecule has 0 unspecified atom stereocenters. The zero-order valence-electron chi connectivity index (χ0n) is 9.41. The molecule has 18 heavy (non-hydrogen) atoms. The first kappa shape index (κ1) is 14.3. The number of ether oxygens (including phenoxy) is 1. The summed E-state index contributed by atoms with van der Waals surface area (Å²) in [5.74, 6) is -0.785. The van der Waals surface area contributed by atoms with E-state index in [4.69, 9.17) is 28.5 Å². The van der Waals surface area contributed by atoms with Crippen LogP contribution in [0.15, 0.2) is 23.3 Å². The molecule has 0 aliphatic heterocycles. The summed E-state index contributed by atoms with van der Waals surface area (Å²) < 4.78 is 4.65. The molecule has 0 saturated carbocycles. The molecule has 0 aliphatic rings. The summed E-state index contributed by atoms with van der Waals surface area (Å²) in [4.78, 5) is 11.3. The van der Waals surface area contributed by atoms with Crippen LogP contribution < -0.4 is 5.43 Å². The normalized spacial score (nSPS) is 10.7. The first-order valence-corrected chi connectivity index (χ1v) is 5.70. The number of carbonyl (C=O) groups is 1. The van der Waals surface area contributed by atoms with Gasteiger partial charge >= 0.3 is 5.97 Å². The predicted octanol–water partition coefficient (Wildman–Crippen LogP) is 2.85. The summed E-state index contributed by atoms with van der Waals surface area (Å²) >= 11 is 11.5. The van der Waals surface area contributed by atoms with E-state index in [2.05, 4.69) is 15.3 Å². The van der Waals surface area contributed by atoms with Crippen molar-refractivity contribution in [2.45, 2.75) is 6.92 Å². The number of carbonyl (C=O) groups excluding carboxylic acids is 1. The highest BCUT2D eigenvalue weighted by Gasteiger charge is 2.11. The Labute approximate surface area is 114 Å². The Morgan fingerprint density at radius 3 is 2.78 bits per heavy atom. The number of nitrogens with zero attached hydrogens (tertiary/aromatic N) is 2. The third-order valence-electron chi connectivity index (χ3n) is 1.79. The lowest BCUT2D eigenvalue weighted by Crippen LogP contribution is -2.17. The minimum Gasteiger partial charge on any atom is -0.461 e. The highest BCUT2D eigenvalue weighted by Crippen LogP contribution is 2.24. The lowest BCUT2D eigenvalue weighted by Gasteiger charge is -2.03. The Morgan fingerprint density at radius 2 is 2.22 bits per heavy atom. The van der Waals surface area contributed by atoms with Gasteiger partial charge in [0, 0.05) is 0 Å². The van der Waals surface area contributed by atoms with Crippen molar-refractivity contribution >= 4 is 40.6 Å². The fourth-order valence-electron chi connectivity index (χ4n) is 1.00. The van der Waals surface area contributed by atoms with Gasteiger partial charge in [-0.1, -0.05) is 23.2 Å². The van der Waals surface area contributed by atoms with Gasteiger partial charge in [0.15, 0.2) is 0 Å². The minimum absolute atomic E-state index is 0.173. The summed E-state index contributed by atoms with van der Waals surface area (Å²) in [7, 11) is 0. The van der Waals surface area contributed by atoms with Crippen molar-refractivity contribution in [2.24, 2.45) is 5.10 Å². The van der Waals surface area contributed by atoms with Crippen LogP contribution in [0.5, 0.6) is 0 Å². The van der Waals surface area contributed by atoms with Crippen molar-refractivity contribution < 1.29 is 9.53 Å². The molecule has 0 aliphatic carbocycles. The van der Waals surface area contributed by atoms with Gasteiger partial charge in [-0.3, -0.25) is 5.43 Å². The molecule has 1 N–H and O–H groups in total. The van der Waals surface area contributed by atoms with Gasteiger partial charge in [0.25, 0.3) is 0 Å². The van der Waals surface area contributed by atoms with E-state index in [1.54, 1.807) is 25.1 Å². The maximum atomic E-state index is 11.3. The van der Waals surface area contributed by atoms with E-state index in [0.29, 0.717) is 15.7 Å². The molecule has 1 aromatic carbocycles. The molecular formula is C11H9Cl2N3O2. The molecule has 0 fully saturated rings. The monoisotopic (exact) mass is 285 g/mol. The van der Waals surface area contributed by atoms with E-state index >= 15 is 0 Å². The summed E-state index contributed by atoms with van der Waals surface area (Å²) in [6.07, 6.45) is 0. The van der Waals surface area contributed by atoms with Gasteiger partial charge in [-0.2, -0.15) is 10.4 Å². The smallest absolute Gasteiger partial charge is 0.369 e. The van der Waals surface area contributed by atoms with E-state index in [1.165, 1.54) is 6.07 Å². The van der Waals surface area contributed by atoms with Crippen LogP contribution in [0.3, 0.4) is 0 Å². The van der Waals surface area contributed by atoms with Crippen LogP contribution in [-0.4, -0.2) is 18.3 Å². The second kappa shape index (κ2) is 6.84. The number of nitriles is 1. The van der Waals surface area contributed by atoms with Gasteiger partial charge in [0.1, 0.15) is 6.07 Å². The van der Waals surface area contributed by atoms with Crippen LogP contribution in [0.25, 0.3) is 0 Å². The maximum absolute atomic E-state index is 11.3. The van der Waals surface area contributed by atoms with Gasteiger partial charge < -0.3 is 4.74 Å². The fraction of sp³-hybridized carbons (Fsp3) is 0.182. The van der Waals surface area contributed by atoms with Gasteiger partial charge in [-0.05, 0) is 25.1 Å². The van der Waals surface area contributed by atoms with Gasteiger partial charge in [0.2, 0.25) is 5.71 Å². The molecule has 0 aromatic heterocycles. The molecule has 94 valence electrons. The van der Waals surface area contributed by atoms with E-state index in [-0.39, 0.29) is 12.3 Å². The summed E-state index contributed by atoms with van der Waals surface area (Å²) in [6, 6.07) is 6.33. The predicted molar refractivity (Wildman–Crippen MR) is 69.8 cm³/mol. The molecule has 1 rings (SSSR count). The standard InChI is InChI=1S/C11H9Cl2N3O2/c1-2-18-11(17)10(6-14)16-15-7-3-4-8(12)9(13)5-7/h3-5,15H,2H2,1H3. The lowest BCUT2D eigenvalue weighted by atomic mass is 10.3. The van der Waals surface area contributed by atoms with Gasteiger partial charge in [-0.15, -0.1) is 0 Å². The third kappa shape index (κ3) is 3.91. The van der Waals surface area contributed by atoms with Crippen molar-refractivity contribution in [2.75, 3.05) is 12.0 Å². The first-order chi connectivity index (χ1) is 8.58. The van der Waals surface area contributed by atoms with Gasteiger partial charge in [0.05, 0.1) is 22.3 Å². The Kier molecular flexibility index (Phi) is 5.43. The molecule has 7 heteroatoms. The van der Waals surface area contributed by atoms with Crippen LogP contribution >= 0.6 is 23.2 Å². The number of rotatable bonds is 4. The Hall–Kier alpha value is -1.77. The molecule has 0 radical (unpaired) electrons. The molecular weight excluding hydrogens is 277 g/mol.